The molecule has 0 bridgehead atoms. The molecule has 1 rings (SSSR count). The molecule has 12 amide bonds. The first kappa shape index (κ1) is 88.8. The summed E-state index contributed by atoms with van der Waals surface area (Å²) in [5, 5.41) is 13.5. The summed E-state index contributed by atoms with van der Waals surface area (Å²) in [5.41, 5.74) is 11.8. The molecule has 0 unspecified atom stereocenters. The van der Waals surface area contributed by atoms with Crippen molar-refractivity contribution in [3.05, 3.63) is 12.2 Å². The van der Waals surface area contributed by atoms with Crippen molar-refractivity contribution >= 4 is 76.9 Å². The van der Waals surface area contributed by atoms with Crippen LogP contribution in [0.15, 0.2) is 12.2 Å². The summed E-state index contributed by atoms with van der Waals surface area (Å²) >= 11 is 0. The van der Waals surface area contributed by atoms with Gasteiger partial charge in [0.2, 0.25) is 70.9 Å². The van der Waals surface area contributed by atoms with E-state index >= 15 is 19.2 Å². The topological polar surface area (TPSA) is 366 Å². The molecule has 98 heavy (non-hydrogen) atoms. The van der Waals surface area contributed by atoms with Gasteiger partial charge >= 0.3 is 5.97 Å². The van der Waals surface area contributed by atoms with Gasteiger partial charge in [-0.1, -0.05) is 116 Å². The molecule has 0 saturated carbocycles. The van der Waals surface area contributed by atoms with Gasteiger partial charge < -0.3 is 77.1 Å². The van der Waals surface area contributed by atoms with Crippen LogP contribution in [0, 0.1) is 41.4 Å². The zero-order chi connectivity index (χ0) is 75.7. The molecule has 0 aliphatic carbocycles. The molecule has 0 radical (unpaired) electrons. The molecule has 1 fully saturated rings. The van der Waals surface area contributed by atoms with Gasteiger partial charge in [-0.15, -0.1) is 0 Å². The summed E-state index contributed by atoms with van der Waals surface area (Å²) in [6.07, 6.45) is 4.00. The summed E-state index contributed by atoms with van der Waals surface area (Å²) in [4.78, 5) is 199. The van der Waals surface area contributed by atoms with Crippen LogP contribution in [0.5, 0.6) is 0 Å². The lowest BCUT2D eigenvalue weighted by Crippen LogP contribution is -2.64. The second-order valence-corrected chi connectivity index (χ2v) is 29.2. The monoisotopic (exact) mass is 1390 g/mol. The van der Waals surface area contributed by atoms with E-state index in [-0.39, 0.29) is 68.6 Å². The van der Waals surface area contributed by atoms with E-state index in [0.29, 0.717) is 19.4 Å². The predicted octanol–water partition coefficient (Wildman–Crippen LogP) is 2.39. The Balaban J connectivity index is 4.54. The van der Waals surface area contributed by atoms with E-state index in [2.05, 4.69) is 26.6 Å². The number of rotatable bonds is 23. The van der Waals surface area contributed by atoms with Crippen LogP contribution in [0.25, 0.3) is 0 Å². The maximum atomic E-state index is 15.7. The number of nitrogens with two attached hydrogens (primary N) is 2. The molecule has 0 spiro atoms. The van der Waals surface area contributed by atoms with Crippen LogP contribution in [0.2, 0.25) is 0 Å². The standard InChI is InChI=1S/C70H126N14O14/c1-25-27-30-45(15)59(98-55(86)37-73-61(88)48(72)31-28-29-32-71)58-64(91)76-49(26-2)66(93)78(18)38-54(85)79(19)50(33-39(3)4)63(90)77-56(43(11)12)69(96)80(20)51(34-40(5)6)62(89)74-46(16)60(87)75-47(17)65(92)81(21)52(35-41(7)8)67(94)82(22)53(36-42(9)10)68(95)83(23)57(44(13)14)70(97)84(58)24/h25,27,39-53,56-59H,26,28-38,71-72H2,1-24H3,(H,73,88)(H,74,89)(H,75,87)(H,76,91)(H,77,90)/b27-25+/t45-,46+,47-,48+,49+,50+,51+,52+,53+,56+,57+,58+,59-/m1/s1. The molecule has 28 heteroatoms. The van der Waals surface area contributed by atoms with Crippen LogP contribution >= 0.6 is 0 Å². The van der Waals surface area contributed by atoms with E-state index in [9.17, 15) is 43.2 Å². The second-order valence-electron chi connectivity index (χ2n) is 29.2. The van der Waals surface area contributed by atoms with Gasteiger partial charge in [0.15, 0.2) is 0 Å². The summed E-state index contributed by atoms with van der Waals surface area (Å²) in [6.45, 7) is 28.6. The normalized spacial score (nSPS) is 25.1. The van der Waals surface area contributed by atoms with Crippen molar-refractivity contribution in [3.63, 3.8) is 0 Å². The molecule has 0 aromatic carbocycles. The minimum Gasteiger partial charge on any atom is -0.458 e. The molecule has 1 aliphatic heterocycles. The molecule has 9 N–H and O–H groups in total. The van der Waals surface area contributed by atoms with Crippen LogP contribution in [-0.4, -0.2) is 253 Å². The number of unbranched alkanes of at least 4 members (excludes halogenated alkanes) is 1. The minimum absolute atomic E-state index is 0.0685. The highest BCUT2D eigenvalue weighted by Crippen LogP contribution is 2.27. The average molecular weight is 1390 g/mol. The van der Waals surface area contributed by atoms with Gasteiger partial charge in [0.25, 0.3) is 0 Å². The molecule has 1 saturated heterocycles. The third kappa shape index (κ3) is 26.5. The highest BCUT2D eigenvalue weighted by molar-refractivity contribution is 6.00. The van der Waals surface area contributed by atoms with Crippen molar-refractivity contribution in [2.75, 3.05) is 69.0 Å². The minimum atomic E-state index is -1.77. The lowest BCUT2D eigenvalue weighted by Gasteiger charge is -2.42. The van der Waals surface area contributed by atoms with Crippen LogP contribution in [0.3, 0.4) is 0 Å². The molecule has 1 heterocycles. The number of hydrogen-bond donors (Lipinski definition) is 7. The van der Waals surface area contributed by atoms with Crippen molar-refractivity contribution in [1.82, 2.24) is 60.9 Å². The lowest BCUT2D eigenvalue weighted by atomic mass is 9.91. The van der Waals surface area contributed by atoms with E-state index in [1.54, 1.807) is 60.6 Å². The number of amides is 12. The Morgan fingerprint density at radius 2 is 1.00 bits per heavy atom. The number of carbonyl (C=O) groups excluding carboxylic acids is 13. The summed E-state index contributed by atoms with van der Waals surface area (Å²) < 4.78 is 6.19. The summed E-state index contributed by atoms with van der Waals surface area (Å²) in [6, 6.07) is -14.1. The van der Waals surface area contributed by atoms with Gasteiger partial charge in [-0.05, 0) is 120 Å². The SMILES string of the molecule is C/C=C/C[C@@H](C)[C@@H](OC(=O)CNC(=O)[C@@H](N)CCCCN)[C@H]1C(=O)N[C@@H](CC)C(=O)N(C)CC(=O)N(C)[C@@H](CC(C)C)C(=O)N[C@@H](C(C)C)C(=O)N(C)[C@@H](CC(C)C)C(=O)N[C@@H](C)C(=O)N[C@H](C)C(=O)N(C)[C@@H](CC(C)C)C(=O)N(C)[C@@H](CC(C)C)C(=O)N(C)[C@@H](C(C)C)C(=O)N1C. The number of esters is 1. The largest absolute Gasteiger partial charge is 0.458 e. The molecular formula is C70H126N14O14. The second kappa shape index (κ2) is 42.0. The first-order chi connectivity index (χ1) is 45.4. The Bertz CT molecular complexity index is 2720. The first-order valence-corrected chi connectivity index (χ1v) is 35.0. The summed E-state index contributed by atoms with van der Waals surface area (Å²) in [7, 11) is 9.72. The Morgan fingerprint density at radius 1 is 0.541 bits per heavy atom. The Labute approximate surface area is 584 Å². The number of allylic oxidation sites excluding steroid dienone is 2. The number of likely N-dealkylation sites (N-methyl/N-ethyl adjacent to an activating group) is 7. The van der Waals surface area contributed by atoms with Crippen LogP contribution < -0.4 is 38.1 Å². The van der Waals surface area contributed by atoms with Gasteiger partial charge in [0.05, 0.1) is 12.6 Å². The van der Waals surface area contributed by atoms with Crippen molar-refractivity contribution in [1.29, 1.82) is 0 Å². The van der Waals surface area contributed by atoms with Gasteiger partial charge in [-0.3, -0.25) is 62.3 Å². The highest BCUT2D eigenvalue weighted by Gasteiger charge is 2.47. The van der Waals surface area contributed by atoms with Gasteiger partial charge in [0.1, 0.15) is 73.1 Å². The highest BCUT2D eigenvalue weighted by atomic mass is 16.5. The molecule has 28 nitrogen and oxygen atoms in total. The first-order valence-electron chi connectivity index (χ1n) is 35.0. The molecule has 560 valence electrons. The lowest BCUT2D eigenvalue weighted by molar-refractivity contribution is -0.165. The fourth-order valence-corrected chi connectivity index (χ4v) is 12.0. The van der Waals surface area contributed by atoms with Crippen molar-refractivity contribution in [3.8, 4) is 0 Å². The maximum Gasteiger partial charge on any atom is 0.325 e. The van der Waals surface area contributed by atoms with Crippen molar-refractivity contribution in [2.45, 2.75) is 248 Å². The summed E-state index contributed by atoms with van der Waals surface area (Å²) in [5.74, 6) is -12.4. The van der Waals surface area contributed by atoms with Gasteiger partial charge in [-0.2, -0.15) is 0 Å². The zero-order valence-corrected chi connectivity index (χ0v) is 63.6. The van der Waals surface area contributed by atoms with Crippen LogP contribution in [0.4, 0.5) is 0 Å². The van der Waals surface area contributed by atoms with E-state index in [4.69, 9.17) is 16.2 Å². The van der Waals surface area contributed by atoms with E-state index in [1.807, 2.05) is 55.4 Å². The van der Waals surface area contributed by atoms with E-state index in [1.165, 1.54) is 87.7 Å². The third-order valence-electron chi connectivity index (χ3n) is 18.0. The third-order valence-corrected chi connectivity index (χ3v) is 18.0. The van der Waals surface area contributed by atoms with E-state index in [0.717, 1.165) is 9.80 Å². The molecule has 0 aromatic heterocycles. The Morgan fingerprint density at radius 3 is 1.48 bits per heavy atom. The van der Waals surface area contributed by atoms with Gasteiger partial charge in [-0.25, -0.2) is 0 Å². The van der Waals surface area contributed by atoms with Gasteiger partial charge in [0, 0.05) is 49.3 Å². The van der Waals surface area contributed by atoms with E-state index < -0.39 is 180 Å². The predicted molar refractivity (Wildman–Crippen MR) is 376 cm³/mol. The Hall–Kier alpha value is -7.23. The van der Waals surface area contributed by atoms with Crippen molar-refractivity contribution in [2.24, 2.45) is 52.9 Å². The molecule has 13 atom stereocenters. The number of carbonyl (C=O) groups is 13. The smallest absolute Gasteiger partial charge is 0.325 e. The number of hydrogen-bond acceptors (Lipinski definition) is 16. The number of ether oxygens (including phenoxy) is 1. The molecule has 1 aliphatic rings. The molecular weight excluding hydrogens is 1260 g/mol. The number of nitrogens with zero attached hydrogens (tertiary/aromatic N) is 7. The fourth-order valence-electron chi connectivity index (χ4n) is 12.0. The fraction of sp³-hybridized carbons (Fsp3) is 0.786. The van der Waals surface area contributed by atoms with Crippen LogP contribution in [0.1, 0.15) is 175 Å². The van der Waals surface area contributed by atoms with Crippen molar-refractivity contribution < 1.29 is 67.1 Å². The quantitative estimate of drug-likeness (QED) is 0.0439. The zero-order valence-electron chi connectivity index (χ0n) is 63.6. The molecule has 0 aromatic rings. The Kier molecular flexibility index (Phi) is 38.1. The van der Waals surface area contributed by atoms with Crippen LogP contribution in [-0.2, 0) is 67.1 Å². The maximum absolute atomic E-state index is 15.7. The average Bonchev–Trinajstić information content (AvgIpc) is 0.875. The number of nitrogens with one attached hydrogen (secondary N) is 5.